The Kier molecular flexibility index (Phi) is 6.58. The zero-order valence-corrected chi connectivity index (χ0v) is 18.7. The number of ether oxygens (including phenoxy) is 1. The molecular weight excluding hydrogens is 418 g/mol. The summed E-state index contributed by atoms with van der Waals surface area (Å²) in [5.41, 5.74) is 1.34. The van der Waals surface area contributed by atoms with Crippen molar-refractivity contribution in [1.82, 2.24) is 14.5 Å². The maximum Gasteiger partial charge on any atom is 0.295 e. The SMILES string of the molecule is CC(C)Oc1ccc([C@@H]2C(=C(O)c3ccccc3)C(=O)C(=O)N2CCCn2ccnc2)cc1. The summed E-state index contributed by atoms with van der Waals surface area (Å²) < 4.78 is 7.66. The summed E-state index contributed by atoms with van der Waals surface area (Å²) in [6.07, 6.45) is 5.94. The number of carbonyl (C=O) groups excluding carboxylic acids is 2. The summed E-state index contributed by atoms with van der Waals surface area (Å²) in [5, 5.41) is 11.1. The van der Waals surface area contributed by atoms with Gasteiger partial charge in [-0.1, -0.05) is 42.5 Å². The third-order valence-electron chi connectivity index (χ3n) is 5.53. The zero-order valence-electron chi connectivity index (χ0n) is 18.7. The van der Waals surface area contributed by atoms with Crippen LogP contribution in [0.1, 0.15) is 37.4 Å². The van der Waals surface area contributed by atoms with Crippen LogP contribution in [0.3, 0.4) is 0 Å². The lowest BCUT2D eigenvalue weighted by atomic mass is 9.95. The fraction of sp³-hybridized carbons (Fsp3) is 0.269. The molecule has 3 aromatic rings. The van der Waals surface area contributed by atoms with Crippen molar-refractivity contribution in [3.8, 4) is 5.75 Å². The third-order valence-corrected chi connectivity index (χ3v) is 5.53. The largest absolute Gasteiger partial charge is 0.507 e. The van der Waals surface area contributed by atoms with Gasteiger partial charge in [0, 0.05) is 31.0 Å². The normalized spacial score (nSPS) is 17.7. The minimum atomic E-state index is -0.680. The number of aromatic nitrogens is 2. The molecule has 1 atom stereocenters. The molecule has 0 saturated carbocycles. The van der Waals surface area contributed by atoms with Gasteiger partial charge in [0.2, 0.25) is 0 Å². The van der Waals surface area contributed by atoms with Crippen LogP contribution in [0.25, 0.3) is 5.76 Å². The van der Waals surface area contributed by atoms with E-state index < -0.39 is 17.7 Å². The summed E-state index contributed by atoms with van der Waals surface area (Å²) >= 11 is 0. The van der Waals surface area contributed by atoms with Crippen molar-refractivity contribution in [2.75, 3.05) is 6.54 Å². The monoisotopic (exact) mass is 445 g/mol. The Morgan fingerprint density at radius 1 is 1.06 bits per heavy atom. The van der Waals surface area contributed by atoms with Crippen LogP contribution in [0, 0.1) is 0 Å². The second-order valence-corrected chi connectivity index (χ2v) is 8.25. The highest BCUT2D eigenvalue weighted by molar-refractivity contribution is 6.46. The Morgan fingerprint density at radius 3 is 2.42 bits per heavy atom. The first kappa shape index (κ1) is 22.3. The highest BCUT2D eigenvalue weighted by atomic mass is 16.5. The molecule has 1 amide bonds. The van der Waals surface area contributed by atoms with Gasteiger partial charge in [0.15, 0.2) is 0 Å². The fourth-order valence-corrected chi connectivity index (χ4v) is 4.05. The van der Waals surface area contributed by atoms with Crippen LogP contribution in [-0.4, -0.2) is 43.9 Å². The van der Waals surface area contributed by atoms with Gasteiger partial charge in [-0.2, -0.15) is 0 Å². The Hall–Kier alpha value is -3.87. The molecule has 0 unspecified atom stereocenters. The van der Waals surface area contributed by atoms with E-state index in [1.807, 2.05) is 54.9 Å². The molecule has 0 spiro atoms. The molecule has 170 valence electrons. The van der Waals surface area contributed by atoms with Gasteiger partial charge in [0.25, 0.3) is 11.7 Å². The van der Waals surface area contributed by atoms with Crippen LogP contribution in [0.5, 0.6) is 5.75 Å². The van der Waals surface area contributed by atoms with E-state index in [9.17, 15) is 14.7 Å². The first-order valence-corrected chi connectivity index (χ1v) is 11.0. The van der Waals surface area contributed by atoms with Gasteiger partial charge in [-0.25, -0.2) is 4.98 Å². The number of ketones is 1. The summed E-state index contributed by atoms with van der Waals surface area (Å²) in [6, 6.07) is 15.5. The first-order valence-electron chi connectivity index (χ1n) is 11.0. The molecule has 1 aliphatic heterocycles. The number of aliphatic hydroxyl groups is 1. The quantitative estimate of drug-likeness (QED) is 0.319. The van der Waals surface area contributed by atoms with E-state index in [1.54, 1.807) is 41.7 Å². The van der Waals surface area contributed by atoms with Crippen molar-refractivity contribution in [1.29, 1.82) is 0 Å². The Labute approximate surface area is 192 Å². The number of nitrogens with zero attached hydrogens (tertiary/aromatic N) is 3. The molecular formula is C26H27N3O4. The van der Waals surface area contributed by atoms with Crippen molar-refractivity contribution in [3.05, 3.63) is 90.0 Å². The standard InChI is InChI=1S/C26H27N3O4/c1-18(2)33-21-11-9-19(10-12-21)23-22(24(30)20-7-4-3-5-8-20)25(31)26(32)29(23)15-6-14-28-16-13-27-17-28/h3-5,7-13,16-18,23,30H,6,14-15H2,1-2H3/t23-/m1/s1. The van der Waals surface area contributed by atoms with Crippen LogP contribution in [-0.2, 0) is 16.1 Å². The van der Waals surface area contributed by atoms with Crippen LogP contribution in [0.4, 0.5) is 0 Å². The molecule has 2 heterocycles. The number of benzene rings is 2. The lowest BCUT2D eigenvalue weighted by Gasteiger charge is -2.25. The Balaban J connectivity index is 1.70. The summed E-state index contributed by atoms with van der Waals surface area (Å²) in [6.45, 7) is 4.92. The molecule has 4 rings (SSSR count). The number of amides is 1. The van der Waals surface area contributed by atoms with Crippen molar-refractivity contribution in [2.24, 2.45) is 0 Å². The first-order chi connectivity index (χ1) is 16.0. The maximum atomic E-state index is 13.1. The molecule has 0 aliphatic carbocycles. The second-order valence-electron chi connectivity index (χ2n) is 8.25. The highest BCUT2D eigenvalue weighted by Gasteiger charge is 2.45. The minimum absolute atomic E-state index is 0.0303. The van der Waals surface area contributed by atoms with Crippen LogP contribution < -0.4 is 4.74 Å². The van der Waals surface area contributed by atoms with E-state index >= 15 is 0 Å². The number of Topliss-reactive ketones (excluding diaryl/α,β-unsaturated/α-hetero) is 1. The molecule has 1 aromatic heterocycles. The van der Waals surface area contributed by atoms with Gasteiger partial charge in [-0.15, -0.1) is 0 Å². The number of aliphatic hydroxyl groups excluding tert-OH is 1. The minimum Gasteiger partial charge on any atom is -0.507 e. The number of rotatable bonds is 8. The number of carbonyl (C=O) groups is 2. The van der Waals surface area contributed by atoms with Gasteiger partial charge in [0.05, 0.1) is 24.0 Å². The topological polar surface area (TPSA) is 84.7 Å². The smallest absolute Gasteiger partial charge is 0.295 e. The molecule has 1 saturated heterocycles. The average molecular weight is 446 g/mol. The number of likely N-dealkylation sites (tertiary alicyclic amines) is 1. The predicted molar refractivity (Wildman–Crippen MR) is 125 cm³/mol. The molecule has 1 N–H and O–H groups in total. The van der Waals surface area contributed by atoms with Crippen molar-refractivity contribution < 1.29 is 19.4 Å². The van der Waals surface area contributed by atoms with Crippen LogP contribution >= 0.6 is 0 Å². The van der Waals surface area contributed by atoms with Gasteiger partial charge < -0.3 is 19.3 Å². The molecule has 7 heteroatoms. The molecule has 7 nitrogen and oxygen atoms in total. The Bertz CT molecular complexity index is 1140. The van der Waals surface area contributed by atoms with E-state index in [0.717, 1.165) is 5.56 Å². The maximum absolute atomic E-state index is 13.1. The number of hydrogen-bond donors (Lipinski definition) is 1. The Morgan fingerprint density at radius 2 is 1.79 bits per heavy atom. The van der Waals surface area contributed by atoms with Crippen LogP contribution in [0.2, 0.25) is 0 Å². The third kappa shape index (κ3) is 4.82. The molecule has 0 bridgehead atoms. The lowest BCUT2D eigenvalue weighted by molar-refractivity contribution is -0.139. The molecule has 2 aromatic carbocycles. The lowest BCUT2D eigenvalue weighted by Crippen LogP contribution is -2.31. The van der Waals surface area contributed by atoms with E-state index in [-0.39, 0.29) is 17.4 Å². The van der Waals surface area contributed by atoms with E-state index in [0.29, 0.717) is 30.8 Å². The predicted octanol–water partition coefficient (Wildman–Crippen LogP) is 4.18. The number of imidazole rings is 1. The van der Waals surface area contributed by atoms with E-state index in [2.05, 4.69) is 4.98 Å². The average Bonchev–Trinajstić information content (AvgIpc) is 3.42. The molecule has 1 aliphatic rings. The summed E-state index contributed by atoms with van der Waals surface area (Å²) in [4.78, 5) is 31.7. The summed E-state index contributed by atoms with van der Waals surface area (Å²) in [5.74, 6) is -0.746. The highest BCUT2D eigenvalue weighted by Crippen LogP contribution is 2.39. The van der Waals surface area contributed by atoms with Crippen molar-refractivity contribution >= 4 is 17.4 Å². The molecule has 1 fully saturated rings. The zero-order chi connectivity index (χ0) is 23.4. The van der Waals surface area contributed by atoms with E-state index in [4.69, 9.17) is 4.74 Å². The van der Waals surface area contributed by atoms with Gasteiger partial charge in [-0.05, 0) is 38.0 Å². The number of hydrogen-bond acceptors (Lipinski definition) is 5. The van der Waals surface area contributed by atoms with Crippen LogP contribution in [0.15, 0.2) is 78.9 Å². The van der Waals surface area contributed by atoms with Gasteiger partial charge in [0.1, 0.15) is 11.5 Å². The van der Waals surface area contributed by atoms with Gasteiger partial charge >= 0.3 is 0 Å². The van der Waals surface area contributed by atoms with E-state index in [1.165, 1.54) is 0 Å². The molecule has 33 heavy (non-hydrogen) atoms. The van der Waals surface area contributed by atoms with Gasteiger partial charge in [-0.3, -0.25) is 9.59 Å². The molecule has 0 radical (unpaired) electrons. The van der Waals surface area contributed by atoms with Crippen molar-refractivity contribution in [3.63, 3.8) is 0 Å². The summed E-state index contributed by atoms with van der Waals surface area (Å²) in [7, 11) is 0. The van der Waals surface area contributed by atoms with Crippen molar-refractivity contribution in [2.45, 2.75) is 39.0 Å². The second kappa shape index (κ2) is 9.73. The number of aryl methyl sites for hydroxylation is 1. The fourth-order valence-electron chi connectivity index (χ4n) is 4.05.